The highest BCUT2D eigenvalue weighted by atomic mass is 32.1. The van der Waals surface area contributed by atoms with Crippen LogP contribution in [0.1, 0.15) is 25.7 Å². The smallest absolute Gasteiger partial charge is 0.364 e. The maximum Gasteiger partial charge on any atom is 0.364 e. The number of esters is 1. The monoisotopic (exact) mass is 263 g/mol. The first-order chi connectivity index (χ1) is 8.58. The third-order valence-corrected chi connectivity index (χ3v) is 3.00. The van der Waals surface area contributed by atoms with E-state index in [2.05, 4.69) is 4.98 Å². The van der Waals surface area contributed by atoms with Crippen molar-refractivity contribution in [1.82, 2.24) is 4.98 Å². The number of aromatic nitrogens is 1. The van der Waals surface area contributed by atoms with Gasteiger partial charge in [0, 0.05) is 0 Å². The standard InChI is InChI=1S/C12H9NO4S/c1-7-2-4-8(5-3-7)17-12(16)9-10(11(14)15)18-6-13-9/h2-6H,1H3,(H,14,15). The van der Waals surface area contributed by atoms with Gasteiger partial charge in [0.1, 0.15) is 10.6 Å². The Hall–Kier alpha value is -2.21. The Bertz CT molecular complexity index is 588. The van der Waals surface area contributed by atoms with Crippen LogP contribution in [-0.2, 0) is 0 Å². The predicted molar refractivity (Wildman–Crippen MR) is 65.2 cm³/mol. The number of carbonyl (C=O) groups is 2. The van der Waals surface area contributed by atoms with Crippen LogP contribution in [0.15, 0.2) is 29.8 Å². The zero-order chi connectivity index (χ0) is 13.1. The average molecular weight is 263 g/mol. The summed E-state index contributed by atoms with van der Waals surface area (Å²) in [5.74, 6) is -1.60. The second-order valence-electron chi connectivity index (χ2n) is 3.54. The molecular weight excluding hydrogens is 254 g/mol. The fourth-order valence-corrected chi connectivity index (χ4v) is 1.92. The lowest BCUT2D eigenvalue weighted by atomic mass is 10.2. The molecule has 0 amide bonds. The van der Waals surface area contributed by atoms with E-state index in [-0.39, 0.29) is 10.6 Å². The van der Waals surface area contributed by atoms with Gasteiger partial charge in [-0.05, 0) is 19.1 Å². The lowest BCUT2D eigenvalue weighted by Crippen LogP contribution is -2.13. The zero-order valence-electron chi connectivity index (χ0n) is 9.41. The molecule has 0 spiro atoms. The topological polar surface area (TPSA) is 76.5 Å². The van der Waals surface area contributed by atoms with E-state index >= 15 is 0 Å². The van der Waals surface area contributed by atoms with Crippen LogP contribution in [0.5, 0.6) is 5.75 Å². The van der Waals surface area contributed by atoms with Crippen molar-refractivity contribution in [2.45, 2.75) is 6.92 Å². The summed E-state index contributed by atoms with van der Waals surface area (Å²) in [5.41, 5.74) is 2.16. The number of carboxylic acid groups (broad SMARTS) is 1. The third kappa shape index (κ3) is 2.54. The van der Waals surface area contributed by atoms with Crippen LogP contribution in [0.25, 0.3) is 0 Å². The molecule has 2 rings (SSSR count). The number of hydrogen-bond acceptors (Lipinski definition) is 5. The molecule has 0 aliphatic carbocycles. The maximum absolute atomic E-state index is 11.7. The highest BCUT2D eigenvalue weighted by Crippen LogP contribution is 2.17. The summed E-state index contributed by atoms with van der Waals surface area (Å²) in [6.07, 6.45) is 0. The molecule has 1 aromatic carbocycles. The SMILES string of the molecule is Cc1ccc(OC(=O)c2ncsc2C(=O)O)cc1. The van der Waals surface area contributed by atoms with Crippen molar-refractivity contribution in [3.63, 3.8) is 0 Å². The van der Waals surface area contributed by atoms with Crippen molar-refractivity contribution < 1.29 is 19.4 Å². The Morgan fingerprint density at radius 3 is 2.56 bits per heavy atom. The highest BCUT2D eigenvalue weighted by molar-refractivity contribution is 7.12. The molecule has 0 aliphatic heterocycles. The lowest BCUT2D eigenvalue weighted by Gasteiger charge is -2.03. The summed E-state index contributed by atoms with van der Waals surface area (Å²) in [4.78, 5) is 26.2. The minimum atomic E-state index is -1.19. The van der Waals surface area contributed by atoms with Gasteiger partial charge in [-0.15, -0.1) is 11.3 Å². The molecular formula is C12H9NO4S. The number of benzene rings is 1. The first-order valence-corrected chi connectivity index (χ1v) is 5.91. The molecule has 0 atom stereocenters. The molecule has 1 aromatic heterocycles. The number of hydrogen-bond donors (Lipinski definition) is 1. The van der Waals surface area contributed by atoms with Gasteiger partial charge in [0.2, 0.25) is 0 Å². The van der Waals surface area contributed by atoms with Gasteiger partial charge in [-0.2, -0.15) is 0 Å². The molecule has 0 radical (unpaired) electrons. The van der Waals surface area contributed by atoms with E-state index in [4.69, 9.17) is 9.84 Å². The van der Waals surface area contributed by atoms with Crippen LogP contribution < -0.4 is 4.74 Å². The normalized spacial score (nSPS) is 10.1. The van der Waals surface area contributed by atoms with E-state index in [1.165, 1.54) is 5.51 Å². The Morgan fingerprint density at radius 2 is 1.94 bits per heavy atom. The minimum Gasteiger partial charge on any atom is -0.477 e. The van der Waals surface area contributed by atoms with Crippen molar-refractivity contribution in [3.05, 3.63) is 45.9 Å². The summed E-state index contributed by atoms with van der Waals surface area (Å²) in [5, 5.41) is 8.87. The molecule has 1 N–H and O–H groups in total. The van der Waals surface area contributed by atoms with Crippen LogP contribution in [0.3, 0.4) is 0 Å². The number of carboxylic acids is 1. The molecule has 92 valence electrons. The summed E-state index contributed by atoms with van der Waals surface area (Å²) < 4.78 is 5.05. The van der Waals surface area contributed by atoms with E-state index in [0.717, 1.165) is 16.9 Å². The Balaban J connectivity index is 2.19. The molecule has 0 bridgehead atoms. The van der Waals surface area contributed by atoms with Crippen molar-refractivity contribution >= 4 is 23.3 Å². The van der Waals surface area contributed by atoms with Gasteiger partial charge in [-0.3, -0.25) is 0 Å². The molecule has 0 saturated carbocycles. The second-order valence-corrected chi connectivity index (χ2v) is 4.39. The maximum atomic E-state index is 11.7. The largest absolute Gasteiger partial charge is 0.477 e. The van der Waals surface area contributed by atoms with Gasteiger partial charge in [0.25, 0.3) is 0 Å². The molecule has 18 heavy (non-hydrogen) atoms. The molecule has 0 fully saturated rings. The minimum absolute atomic E-state index is 0.118. The van der Waals surface area contributed by atoms with E-state index in [9.17, 15) is 9.59 Å². The number of carbonyl (C=O) groups excluding carboxylic acids is 1. The molecule has 2 aromatic rings. The van der Waals surface area contributed by atoms with E-state index < -0.39 is 11.9 Å². The summed E-state index contributed by atoms with van der Waals surface area (Å²) in [7, 11) is 0. The number of aromatic carboxylic acids is 1. The van der Waals surface area contributed by atoms with Gasteiger partial charge < -0.3 is 9.84 Å². The van der Waals surface area contributed by atoms with Gasteiger partial charge >= 0.3 is 11.9 Å². The van der Waals surface area contributed by atoms with Crippen molar-refractivity contribution in [1.29, 1.82) is 0 Å². The molecule has 5 nitrogen and oxygen atoms in total. The average Bonchev–Trinajstić information content (AvgIpc) is 2.81. The number of aryl methyl sites for hydroxylation is 1. The van der Waals surface area contributed by atoms with Crippen molar-refractivity contribution in [2.75, 3.05) is 0 Å². The van der Waals surface area contributed by atoms with Crippen LogP contribution in [0.4, 0.5) is 0 Å². The van der Waals surface area contributed by atoms with Gasteiger partial charge in [-0.25, -0.2) is 14.6 Å². The van der Waals surface area contributed by atoms with Gasteiger partial charge in [0.15, 0.2) is 5.69 Å². The van der Waals surface area contributed by atoms with Crippen LogP contribution in [0, 0.1) is 6.92 Å². The fraction of sp³-hybridized carbons (Fsp3) is 0.0833. The molecule has 0 aliphatic rings. The van der Waals surface area contributed by atoms with E-state index in [1.54, 1.807) is 24.3 Å². The molecule has 0 unspecified atom stereocenters. The van der Waals surface area contributed by atoms with E-state index in [0.29, 0.717) is 5.75 Å². The summed E-state index contributed by atoms with van der Waals surface area (Å²) >= 11 is 0.888. The summed E-state index contributed by atoms with van der Waals surface area (Å²) in [6, 6.07) is 6.86. The first-order valence-electron chi connectivity index (χ1n) is 5.03. The zero-order valence-corrected chi connectivity index (χ0v) is 10.2. The number of thiazole rings is 1. The number of rotatable bonds is 3. The third-order valence-electron chi connectivity index (χ3n) is 2.19. The van der Waals surface area contributed by atoms with Crippen LogP contribution in [0.2, 0.25) is 0 Å². The second kappa shape index (κ2) is 4.97. The first kappa shape index (κ1) is 12.3. The van der Waals surface area contributed by atoms with Crippen molar-refractivity contribution in [2.24, 2.45) is 0 Å². The molecule has 6 heteroatoms. The van der Waals surface area contributed by atoms with E-state index in [1.807, 2.05) is 6.92 Å². The highest BCUT2D eigenvalue weighted by Gasteiger charge is 2.21. The Kier molecular flexibility index (Phi) is 3.38. The van der Waals surface area contributed by atoms with Crippen LogP contribution >= 0.6 is 11.3 Å². The fourth-order valence-electron chi connectivity index (χ4n) is 1.30. The van der Waals surface area contributed by atoms with Gasteiger partial charge in [-0.1, -0.05) is 17.7 Å². The summed E-state index contributed by atoms with van der Waals surface area (Å²) in [6.45, 7) is 1.91. The Labute approximate surface area is 107 Å². The molecule has 1 heterocycles. The number of nitrogens with zero attached hydrogens (tertiary/aromatic N) is 1. The number of ether oxygens (including phenoxy) is 1. The van der Waals surface area contributed by atoms with Gasteiger partial charge in [0.05, 0.1) is 5.51 Å². The van der Waals surface area contributed by atoms with Crippen molar-refractivity contribution in [3.8, 4) is 5.75 Å². The lowest BCUT2D eigenvalue weighted by molar-refractivity contribution is 0.0670. The predicted octanol–water partition coefficient (Wildman–Crippen LogP) is 2.37. The quantitative estimate of drug-likeness (QED) is 0.679. The molecule has 0 saturated heterocycles. The van der Waals surface area contributed by atoms with Crippen LogP contribution in [-0.4, -0.2) is 22.0 Å². The Morgan fingerprint density at radius 1 is 1.28 bits per heavy atom.